The number of para-hydroxylation sites is 1. The van der Waals surface area contributed by atoms with E-state index >= 15 is 0 Å². The minimum absolute atomic E-state index is 0.0538. The molecule has 0 aliphatic carbocycles. The van der Waals surface area contributed by atoms with Crippen molar-refractivity contribution in [1.82, 2.24) is 34.9 Å². The van der Waals surface area contributed by atoms with Crippen molar-refractivity contribution in [2.45, 2.75) is 13.1 Å². The van der Waals surface area contributed by atoms with Gasteiger partial charge in [0.05, 0.1) is 16.9 Å². The molecule has 0 unspecified atom stereocenters. The van der Waals surface area contributed by atoms with E-state index in [-0.39, 0.29) is 12.5 Å². The quantitative estimate of drug-likeness (QED) is 0.497. The molecule has 4 heterocycles. The van der Waals surface area contributed by atoms with Gasteiger partial charge in [0.25, 0.3) is 0 Å². The zero-order chi connectivity index (χ0) is 19.6. The van der Waals surface area contributed by atoms with Crippen LogP contribution in [0.3, 0.4) is 0 Å². The summed E-state index contributed by atoms with van der Waals surface area (Å²) in [6.45, 7) is 3.65. The molecule has 1 aliphatic rings. The van der Waals surface area contributed by atoms with Crippen molar-refractivity contribution in [3.8, 4) is 10.7 Å². The van der Waals surface area contributed by atoms with E-state index in [1.54, 1.807) is 16.0 Å². The Morgan fingerprint density at radius 2 is 1.97 bits per heavy atom. The smallest absolute Gasteiger partial charge is 0.244 e. The number of piperazine rings is 1. The van der Waals surface area contributed by atoms with Gasteiger partial charge in [0.15, 0.2) is 0 Å². The van der Waals surface area contributed by atoms with Crippen LogP contribution >= 0.6 is 11.3 Å². The average Bonchev–Trinajstić information content (AvgIpc) is 3.50. The summed E-state index contributed by atoms with van der Waals surface area (Å²) in [6.07, 6.45) is 0. The third-order valence-corrected chi connectivity index (χ3v) is 5.86. The van der Waals surface area contributed by atoms with Crippen molar-refractivity contribution in [2.24, 2.45) is 0 Å². The molecule has 1 fully saturated rings. The largest absolute Gasteiger partial charge is 0.339 e. The van der Waals surface area contributed by atoms with E-state index in [1.807, 2.05) is 46.7 Å². The van der Waals surface area contributed by atoms with Crippen molar-refractivity contribution in [1.29, 1.82) is 0 Å². The molecule has 148 valence electrons. The molecule has 1 amide bonds. The second kappa shape index (κ2) is 7.72. The van der Waals surface area contributed by atoms with E-state index in [1.165, 1.54) is 0 Å². The van der Waals surface area contributed by atoms with E-state index in [0.29, 0.717) is 31.3 Å². The van der Waals surface area contributed by atoms with Crippen LogP contribution in [-0.2, 0) is 17.9 Å². The van der Waals surface area contributed by atoms with Gasteiger partial charge in [0.1, 0.15) is 12.1 Å². The highest BCUT2D eigenvalue weighted by atomic mass is 32.1. The second-order valence-corrected chi connectivity index (χ2v) is 7.83. The van der Waals surface area contributed by atoms with E-state index in [0.717, 1.165) is 29.0 Å². The molecule has 1 saturated heterocycles. The Kier molecular flexibility index (Phi) is 4.78. The number of thiophene rings is 1. The zero-order valence-corrected chi connectivity index (χ0v) is 16.5. The molecular weight excluding hydrogens is 390 g/mol. The number of nitrogens with zero attached hydrogens (tertiary/aromatic N) is 7. The third kappa shape index (κ3) is 3.76. The van der Waals surface area contributed by atoms with Gasteiger partial charge < -0.3 is 9.42 Å². The summed E-state index contributed by atoms with van der Waals surface area (Å²) >= 11 is 1.59. The van der Waals surface area contributed by atoms with Crippen molar-refractivity contribution < 1.29 is 9.32 Å². The summed E-state index contributed by atoms with van der Waals surface area (Å²) in [5, 5.41) is 14.3. The van der Waals surface area contributed by atoms with Crippen LogP contribution in [-0.4, -0.2) is 67.0 Å². The molecule has 4 aromatic rings. The minimum atomic E-state index is 0.0538. The minimum Gasteiger partial charge on any atom is -0.339 e. The first-order chi connectivity index (χ1) is 14.3. The normalized spacial score (nSPS) is 15.2. The maximum Gasteiger partial charge on any atom is 0.244 e. The van der Waals surface area contributed by atoms with Crippen LogP contribution in [0.25, 0.3) is 21.7 Å². The Morgan fingerprint density at radius 3 is 2.79 bits per heavy atom. The molecule has 0 N–H and O–H groups in total. The van der Waals surface area contributed by atoms with Crippen molar-refractivity contribution in [3.63, 3.8) is 0 Å². The van der Waals surface area contributed by atoms with Gasteiger partial charge in [-0.3, -0.25) is 9.69 Å². The first kappa shape index (κ1) is 18.0. The van der Waals surface area contributed by atoms with Crippen LogP contribution in [0, 0.1) is 0 Å². The van der Waals surface area contributed by atoms with Gasteiger partial charge in [0.2, 0.25) is 17.6 Å². The van der Waals surface area contributed by atoms with E-state index in [9.17, 15) is 4.79 Å². The Labute approximate surface area is 170 Å². The third-order valence-electron chi connectivity index (χ3n) is 5.00. The maximum absolute atomic E-state index is 12.7. The number of aromatic nitrogens is 5. The first-order valence-electron chi connectivity index (χ1n) is 9.41. The fourth-order valence-corrected chi connectivity index (χ4v) is 4.08. The monoisotopic (exact) mass is 409 g/mol. The van der Waals surface area contributed by atoms with Gasteiger partial charge in [-0.05, 0) is 23.6 Å². The number of amides is 1. The van der Waals surface area contributed by atoms with Crippen LogP contribution in [0.2, 0.25) is 0 Å². The molecule has 1 aliphatic heterocycles. The predicted molar refractivity (Wildman–Crippen MR) is 107 cm³/mol. The summed E-state index contributed by atoms with van der Waals surface area (Å²) in [5.41, 5.74) is 1.67. The lowest BCUT2D eigenvalue weighted by Gasteiger charge is -2.33. The lowest BCUT2D eigenvalue weighted by Crippen LogP contribution is -2.49. The van der Waals surface area contributed by atoms with Gasteiger partial charge in [-0.1, -0.05) is 28.6 Å². The zero-order valence-electron chi connectivity index (χ0n) is 15.6. The number of rotatable bonds is 5. The highest BCUT2D eigenvalue weighted by Gasteiger charge is 2.23. The fourth-order valence-electron chi connectivity index (χ4n) is 3.43. The maximum atomic E-state index is 12.7. The highest BCUT2D eigenvalue weighted by molar-refractivity contribution is 7.13. The summed E-state index contributed by atoms with van der Waals surface area (Å²) in [6, 6.07) is 11.6. The van der Waals surface area contributed by atoms with Crippen molar-refractivity contribution >= 4 is 28.3 Å². The predicted octanol–water partition coefficient (Wildman–Crippen LogP) is 1.89. The molecule has 0 spiro atoms. The molecule has 3 aromatic heterocycles. The molecule has 0 saturated carbocycles. The van der Waals surface area contributed by atoms with Gasteiger partial charge in [-0.15, -0.1) is 16.4 Å². The SMILES string of the molecule is O=C(Cn1nnc2ccccc21)N1CCN(Cc2nc(-c3cccs3)no2)CC1. The molecule has 1 aromatic carbocycles. The summed E-state index contributed by atoms with van der Waals surface area (Å²) in [7, 11) is 0. The van der Waals surface area contributed by atoms with Crippen LogP contribution in [0.15, 0.2) is 46.3 Å². The second-order valence-electron chi connectivity index (χ2n) is 6.88. The van der Waals surface area contributed by atoms with Crippen LogP contribution in [0.1, 0.15) is 5.89 Å². The van der Waals surface area contributed by atoms with Gasteiger partial charge >= 0.3 is 0 Å². The highest BCUT2D eigenvalue weighted by Crippen LogP contribution is 2.21. The molecule has 0 bridgehead atoms. The number of carbonyl (C=O) groups excluding carboxylic acids is 1. The average molecular weight is 409 g/mol. The van der Waals surface area contributed by atoms with Crippen LogP contribution in [0.5, 0.6) is 0 Å². The molecule has 5 rings (SSSR count). The van der Waals surface area contributed by atoms with Crippen LogP contribution in [0.4, 0.5) is 0 Å². The van der Waals surface area contributed by atoms with E-state index in [2.05, 4.69) is 25.4 Å². The van der Waals surface area contributed by atoms with Gasteiger partial charge in [-0.25, -0.2) is 4.68 Å². The van der Waals surface area contributed by atoms with Crippen molar-refractivity contribution in [2.75, 3.05) is 26.2 Å². The Hall–Kier alpha value is -3.11. The number of carbonyl (C=O) groups is 1. The summed E-state index contributed by atoms with van der Waals surface area (Å²) in [5.74, 6) is 1.28. The van der Waals surface area contributed by atoms with Crippen molar-refractivity contribution in [3.05, 3.63) is 47.7 Å². The first-order valence-corrected chi connectivity index (χ1v) is 10.3. The van der Waals surface area contributed by atoms with Gasteiger partial charge in [0, 0.05) is 26.2 Å². The topological polar surface area (TPSA) is 93.2 Å². The lowest BCUT2D eigenvalue weighted by atomic mass is 10.3. The number of hydrogen-bond donors (Lipinski definition) is 0. The molecular formula is C19H19N7O2S. The Bertz CT molecular complexity index is 1110. The standard InChI is InChI=1S/C19H19N7O2S/c27-18(13-26-15-5-2-1-4-14(15)21-23-26)25-9-7-24(8-10-25)12-17-20-19(22-28-17)16-6-3-11-29-16/h1-6,11H,7-10,12-13H2. The lowest BCUT2D eigenvalue weighted by molar-refractivity contribution is -0.133. The molecule has 10 heteroatoms. The number of hydrogen-bond acceptors (Lipinski definition) is 8. The Balaban J connectivity index is 1.16. The molecule has 29 heavy (non-hydrogen) atoms. The summed E-state index contributed by atoms with van der Waals surface area (Å²) < 4.78 is 7.04. The van der Waals surface area contributed by atoms with E-state index in [4.69, 9.17) is 4.52 Å². The summed E-state index contributed by atoms with van der Waals surface area (Å²) in [4.78, 5) is 22.3. The molecule has 0 atom stereocenters. The molecule has 9 nitrogen and oxygen atoms in total. The van der Waals surface area contributed by atoms with E-state index < -0.39 is 0 Å². The van der Waals surface area contributed by atoms with Gasteiger partial charge in [-0.2, -0.15) is 4.98 Å². The number of benzene rings is 1. The Morgan fingerprint density at radius 1 is 1.10 bits per heavy atom. The fraction of sp³-hybridized carbons (Fsp3) is 0.316. The number of fused-ring (bicyclic) bond motifs is 1. The van der Waals surface area contributed by atoms with Crippen LogP contribution < -0.4 is 0 Å². The molecule has 0 radical (unpaired) electrons.